The van der Waals surface area contributed by atoms with Gasteiger partial charge in [0.05, 0.1) is 6.42 Å². The van der Waals surface area contributed by atoms with E-state index in [4.69, 9.17) is 4.74 Å². The number of benzene rings is 1. The number of hydrogen-bond donors (Lipinski definition) is 1. The standard InChI is InChI=1S/C11H12O3/c1-7-2-4-8(5-3-7)11-9(12)6-10(13)14-11/h2-5,9,11-12H,6H2,1H3/t9-,11-/m0/s1. The lowest BCUT2D eigenvalue weighted by molar-refractivity contribution is -0.142. The molecule has 1 aromatic carbocycles. The number of ether oxygens (including phenoxy) is 1. The second-order valence-electron chi connectivity index (χ2n) is 3.59. The monoisotopic (exact) mass is 192 g/mol. The van der Waals surface area contributed by atoms with Crippen molar-refractivity contribution in [2.45, 2.75) is 25.6 Å². The van der Waals surface area contributed by atoms with Crippen molar-refractivity contribution in [2.75, 3.05) is 0 Å². The molecule has 0 spiro atoms. The summed E-state index contributed by atoms with van der Waals surface area (Å²) in [5, 5.41) is 9.54. The summed E-state index contributed by atoms with van der Waals surface area (Å²) in [6.45, 7) is 1.99. The van der Waals surface area contributed by atoms with Crippen LogP contribution in [-0.2, 0) is 9.53 Å². The zero-order valence-corrected chi connectivity index (χ0v) is 7.93. The fourth-order valence-corrected chi connectivity index (χ4v) is 1.59. The zero-order chi connectivity index (χ0) is 10.1. The average molecular weight is 192 g/mol. The number of esters is 1. The van der Waals surface area contributed by atoms with Gasteiger partial charge in [-0.2, -0.15) is 0 Å². The summed E-state index contributed by atoms with van der Waals surface area (Å²) in [5.74, 6) is -0.330. The van der Waals surface area contributed by atoms with Crippen molar-refractivity contribution in [1.82, 2.24) is 0 Å². The van der Waals surface area contributed by atoms with Crippen LogP contribution in [-0.4, -0.2) is 17.2 Å². The highest BCUT2D eigenvalue weighted by atomic mass is 16.6. The number of aryl methyl sites for hydroxylation is 1. The molecule has 1 aliphatic heterocycles. The van der Waals surface area contributed by atoms with E-state index >= 15 is 0 Å². The van der Waals surface area contributed by atoms with Crippen LogP contribution in [0, 0.1) is 6.92 Å². The summed E-state index contributed by atoms with van der Waals surface area (Å²) in [6, 6.07) is 7.63. The minimum Gasteiger partial charge on any atom is -0.455 e. The van der Waals surface area contributed by atoms with Gasteiger partial charge in [-0.3, -0.25) is 4.79 Å². The van der Waals surface area contributed by atoms with E-state index in [2.05, 4.69) is 0 Å². The molecule has 14 heavy (non-hydrogen) atoms. The second-order valence-corrected chi connectivity index (χ2v) is 3.59. The fourth-order valence-electron chi connectivity index (χ4n) is 1.59. The zero-order valence-electron chi connectivity index (χ0n) is 7.93. The van der Waals surface area contributed by atoms with Crippen LogP contribution in [0.3, 0.4) is 0 Å². The Hall–Kier alpha value is -1.35. The summed E-state index contributed by atoms with van der Waals surface area (Å²) in [6.07, 6.45) is -1.09. The largest absolute Gasteiger partial charge is 0.455 e. The minimum atomic E-state index is -0.704. The average Bonchev–Trinajstić information content (AvgIpc) is 2.47. The number of hydrogen-bond acceptors (Lipinski definition) is 3. The number of aliphatic hydroxyl groups excluding tert-OH is 1. The van der Waals surface area contributed by atoms with E-state index in [1.165, 1.54) is 0 Å². The maximum Gasteiger partial charge on any atom is 0.309 e. The molecule has 1 fully saturated rings. The number of carbonyl (C=O) groups is 1. The molecule has 1 N–H and O–H groups in total. The van der Waals surface area contributed by atoms with Crippen LogP contribution in [0.5, 0.6) is 0 Å². The predicted octanol–water partition coefficient (Wildman–Crippen LogP) is 1.34. The lowest BCUT2D eigenvalue weighted by atomic mass is 10.0. The third kappa shape index (κ3) is 1.63. The maximum absolute atomic E-state index is 10.9. The van der Waals surface area contributed by atoms with E-state index in [-0.39, 0.29) is 12.4 Å². The molecular weight excluding hydrogens is 180 g/mol. The van der Waals surface area contributed by atoms with Crippen LogP contribution in [0.25, 0.3) is 0 Å². The lowest BCUT2D eigenvalue weighted by Gasteiger charge is -2.13. The summed E-state index contributed by atoms with van der Waals surface area (Å²) < 4.78 is 5.01. The van der Waals surface area contributed by atoms with Crippen LogP contribution in [0.1, 0.15) is 23.7 Å². The first-order valence-electron chi connectivity index (χ1n) is 4.61. The first-order chi connectivity index (χ1) is 6.66. The van der Waals surface area contributed by atoms with Crippen LogP contribution >= 0.6 is 0 Å². The van der Waals surface area contributed by atoms with E-state index in [9.17, 15) is 9.90 Å². The molecular formula is C11H12O3. The number of cyclic esters (lactones) is 1. The van der Waals surface area contributed by atoms with E-state index in [1.807, 2.05) is 31.2 Å². The summed E-state index contributed by atoms with van der Waals surface area (Å²) >= 11 is 0. The van der Waals surface area contributed by atoms with Crippen LogP contribution in [0.2, 0.25) is 0 Å². The quantitative estimate of drug-likeness (QED) is 0.683. The van der Waals surface area contributed by atoms with Gasteiger partial charge < -0.3 is 9.84 Å². The maximum atomic E-state index is 10.9. The van der Waals surface area contributed by atoms with E-state index in [0.717, 1.165) is 11.1 Å². The lowest BCUT2D eigenvalue weighted by Crippen LogP contribution is -2.11. The van der Waals surface area contributed by atoms with Gasteiger partial charge in [0.15, 0.2) is 6.10 Å². The normalized spacial score (nSPS) is 26.3. The highest BCUT2D eigenvalue weighted by molar-refractivity contribution is 5.72. The highest BCUT2D eigenvalue weighted by Gasteiger charge is 2.34. The predicted molar refractivity (Wildman–Crippen MR) is 50.6 cm³/mol. The van der Waals surface area contributed by atoms with Crippen LogP contribution in [0.15, 0.2) is 24.3 Å². The van der Waals surface area contributed by atoms with Gasteiger partial charge in [-0.25, -0.2) is 0 Å². The molecule has 1 heterocycles. The van der Waals surface area contributed by atoms with Gasteiger partial charge in [0.1, 0.15) is 6.10 Å². The number of aliphatic hydroxyl groups is 1. The van der Waals surface area contributed by atoms with E-state index < -0.39 is 12.2 Å². The Labute approximate surface area is 82.3 Å². The summed E-state index contributed by atoms with van der Waals surface area (Å²) in [5.41, 5.74) is 2.00. The molecule has 0 saturated carbocycles. The van der Waals surface area contributed by atoms with Crippen molar-refractivity contribution in [3.05, 3.63) is 35.4 Å². The Kier molecular flexibility index (Phi) is 2.25. The van der Waals surface area contributed by atoms with E-state index in [0.29, 0.717) is 0 Å². The Bertz CT molecular complexity index is 342. The van der Waals surface area contributed by atoms with Crippen molar-refractivity contribution < 1.29 is 14.6 Å². The Morgan fingerprint density at radius 3 is 2.50 bits per heavy atom. The molecule has 3 heteroatoms. The Morgan fingerprint density at radius 2 is 2.00 bits per heavy atom. The van der Waals surface area contributed by atoms with Crippen LogP contribution in [0.4, 0.5) is 0 Å². The Balaban J connectivity index is 2.23. The van der Waals surface area contributed by atoms with Gasteiger partial charge in [-0.05, 0) is 12.5 Å². The van der Waals surface area contributed by atoms with Crippen molar-refractivity contribution in [3.8, 4) is 0 Å². The molecule has 3 nitrogen and oxygen atoms in total. The van der Waals surface area contributed by atoms with Gasteiger partial charge >= 0.3 is 5.97 Å². The minimum absolute atomic E-state index is 0.0958. The molecule has 0 aliphatic carbocycles. The molecule has 0 aromatic heterocycles. The topological polar surface area (TPSA) is 46.5 Å². The van der Waals surface area contributed by atoms with Gasteiger partial charge in [0.25, 0.3) is 0 Å². The molecule has 0 amide bonds. The molecule has 0 bridgehead atoms. The Morgan fingerprint density at radius 1 is 1.36 bits per heavy atom. The first kappa shape index (κ1) is 9.21. The molecule has 0 unspecified atom stereocenters. The van der Waals surface area contributed by atoms with Crippen molar-refractivity contribution >= 4 is 5.97 Å². The van der Waals surface area contributed by atoms with Crippen molar-refractivity contribution in [1.29, 1.82) is 0 Å². The number of rotatable bonds is 1. The first-order valence-corrected chi connectivity index (χ1v) is 4.61. The molecule has 1 aromatic rings. The highest BCUT2D eigenvalue weighted by Crippen LogP contribution is 2.29. The molecule has 0 radical (unpaired) electrons. The third-order valence-corrected chi connectivity index (χ3v) is 2.39. The molecule has 1 aliphatic rings. The summed E-state index contributed by atoms with van der Waals surface area (Å²) in [4.78, 5) is 10.9. The second kappa shape index (κ2) is 3.42. The summed E-state index contributed by atoms with van der Waals surface area (Å²) in [7, 11) is 0. The van der Waals surface area contributed by atoms with Gasteiger partial charge in [0, 0.05) is 0 Å². The molecule has 2 atom stereocenters. The SMILES string of the molecule is Cc1ccc([C@@H]2OC(=O)C[C@@H]2O)cc1. The molecule has 1 saturated heterocycles. The fraction of sp³-hybridized carbons (Fsp3) is 0.364. The number of carbonyl (C=O) groups excluding carboxylic acids is 1. The smallest absolute Gasteiger partial charge is 0.309 e. The third-order valence-electron chi connectivity index (χ3n) is 2.39. The molecule has 2 rings (SSSR count). The van der Waals surface area contributed by atoms with Crippen molar-refractivity contribution in [3.63, 3.8) is 0 Å². The van der Waals surface area contributed by atoms with Crippen molar-refractivity contribution in [2.24, 2.45) is 0 Å². The van der Waals surface area contributed by atoms with Crippen LogP contribution < -0.4 is 0 Å². The molecule has 74 valence electrons. The van der Waals surface area contributed by atoms with Gasteiger partial charge in [-0.15, -0.1) is 0 Å². The van der Waals surface area contributed by atoms with Gasteiger partial charge in [-0.1, -0.05) is 29.8 Å². The van der Waals surface area contributed by atoms with E-state index in [1.54, 1.807) is 0 Å². The van der Waals surface area contributed by atoms with Gasteiger partial charge in [0.2, 0.25) is 0 Å².